The van der Waals surface area contributed by atoms with Gasteiger partial charge in [0.2, 0.25) is 6.17 Å². The average molecular weight is 147 g/mol. The van der Waals surface area contributed by atoms with Gasteiger partial charge < -0.3 is 4.90 Å². The Morgan fingerprint density at radius 2 is 2.56 bits per heavy atom. The fraction of sp³-hybridized carbons (Fsp3) is 0.800. The molecule has 4 heteroatoms. The minimum atomic E-state index is -1.20. The van der Waals surface area contributed by atoms with Crippen LogP contribution in [-0.2, 0) is 4.79 Å². The quantitative estimate of drug-likeness (QED) is 0.457. The normalized spacial score (nSPS) is 40.6. The molecule has 1 amide bonds. The molecule has 0 saturated carbocycles. The highest BCUT2D eigenvalue weighted by Gasteiger charge is 2.50. The molecule has 2 aliphatic rings. The molecule has 2 nitrogen and oxygen atoms in total. The van der Waals surface area contributed by atoms with Crippen LogP contribution in [0.3, 0.4) is 0 Å². The number of thioether (sulfide) groups is 1. The van der Waals surface area contributed by atoms with Gasteiger partial charge in [-0.2, -0.15) is 0 Å². The van der Waals surface area contributed by atoms with Gasteiger partial charge in [-0.1, -0.05) is 0 Å². The van der Waals surface area contributed by atoms with Crippen LogP contribution in [0.25, 0.3) is 0 Å². The van der Waals surface area contributed by atoms with Crippen LogP contribution in [0.1, 0.15) is 0 Å². The molecule has 0 aromatic heterocycles. The molecule has 0 unspecified atom stereocenters. The van der Waals surface area contributed by atoms with Crippen LogP contribution in [0.4, 0.5) is 4.39 Å². The van der Waals surface area contributed by atoms with E-state index in [1.54, 1.807) is 4.90 Å². The number of nitrogens with zero attached hydrogens (tertiary/aromatic N) is 1. The van der Waals surface area contributed by atoms with Crippen LogP contribution in [0.15, 0.2) is 0 Å². The molecule has 0 aromatic carbocycles. The van der Waals surface area contributed by atoms with Crippen molar-refractivity contribution in [1.29, 1.82) is 0 Å². The van der Waals surface area contributed by atoms with Gasteiger partial charge in [-0.25, -0.2) is 4.39 Å². The minimum Gasteiger partial charge on any atom is -0.324 e. The van der Waals surface area contributed by atoms with E-state index in [4.69, 9.17) is 0 Å². The van der Waals surface area contributed by atoms with Gasteiger partial charge >= 0.3 is 0 Å². The topological polar surface area (TPSA) is 20.3 Å². The molecule has 0 aliphatic carbocycles. The third kappa shape index (κ3) is 0.542. The molecule has 2 heterocycles. The van der Waals surface area contributed by atoms with E-state index in [0.29, 0.717) is 0 Å². The molecule has 2 atom stereocenters. The zero-order chi connectivity index (χ0) is 6.43. The number of hydrogen-bond acceptors (Lipinski definition) is 2. The first-order chi connectivity index (χ1) is 4.30. The van der Waals surface area contributed by atoms with E-state index in [-0.39, 0.29) is 11.3 Å². The molecule has 2 saturated heterocycles. The summed E-state index contributed by atoms with van der Waals surface area (Å²) in [6.45, 7) is 0.745. The van der Waals surface area contributed by atoms with Crippen molar-refractivity contribution in [3.05, 3.63) is 0 Å². The third-order valence-corrected chi connectivity index (χ3v) is 2.95. The number of carbonyl (C=O) groups excluding carboxylic acids is 1. The van der Waals surface area contributed by atoms with E-state index in [2.05, 4.69) is 0 Å². The Morgan fingerprint density at radius 1 is 1.78 bits per heavy atom. The van der Waals surface area contributed by atoms with E-state index in [1.165, 1.54) is 11.8 Å². The summed E-state index contributed by atoms with van der Waals surface area (Å²) < 4.78 is 12.5. The molecule has 0 radical (unpaired) electrons. The average Bonchev–Trinajstić information content (AvgIpc) is 2.30. The highest BCUT2D eigenvalue weighted by atomic mass is 32.2. The van der Waals surface area contributed by atoms with Gasteiger partial charge in [-0.15, -0.1) is 11.8 Å². The molecule has 9 heavy (non-hydrogen) atoms. The number of β-lactam (4-membered cyclic amide) rings is 1. The number of carbonyl (C=O) groups is 1. The highest BCUT2D eigenvalue weighted by molar-refractivity contribution is 8.00. The van der Waals surface area contributed by atoms with Crippen molar-refractivity contribution in [3.8, 4) is 0 Å². The fourth-order valence-electron chi connectivity index (χ4n) is 1.17. The van der Waals surface area contributed by atoms with Crippen molar-refractivity contribution < 1.29 is 9.18 Å². The van der Waals surface area contributed by atoms with Gasteiger partial charge in [-0.05, 0) is 0 Å². The molecular weight excluding hydrogens is 141 g/mol. The summed E-state index contributed by atoms with van der Waals surface area (Å²) in [5.41, 5.74) is 0. The van der Waals surface area contributed by atoms with E-state index in [0.717, 1.165) is 12.3 Å². The Hall–Kier alpha value is -0.250. The van der Waals surface area contributed by atoms with Crippen molar-refractivity contribution in [3.63, 3.8) is 0 Å². The third-order valence-electron chi connectivity index (χ3n) is 1.70. The van der Waals surface area contributed by atoms with E-state index in [9.17, 15) is 9.18 Å². The predicted octanol–water partition coefficient (Wildman–Crippen LogP) is 0.240. The van der Waals surface area contributed by atoms with Gasteiger partial charge in [0, 0.05) is 12.3 Å². The summed E-state index contributed by atoms with van der Waals surface area (Å²) in [5, 5.41) is -0.127. The maximum Gasteiger partial charge on any atom is 0.261 e. The Labute approximate surface area is 56.4 Å². The Bertz CT molecular complexity index is 163. The monoisotopic (exact) mass is 147 g/mol. The molecule has 2 aliphatic heterocycles. The number of rotatable bonds is 0. The maximum atomic E-state index is 12.5. The summed E-state index contributed by atoms with van der Waals surface area (Å²) in [6.07, 6.45) is -1.20. The smallest absolute Gasteiger partial charge is 0.261 e. The van der Waals surface area contributed by atoms with Gasteiger partial charge in [0.1, 0.15) is 5.37 Å². The lowest BCUT2D eigenvalue weighted by Gasteiger charge is -2.36. The van der Waals surface area contributed by atoms with E-state index < -0.39 is 6.17 Å². The Balaban J connectivity index is 2.14. The zero-order valence-corrected chi connectivity index (χ0v) is 5.53. The summed E-state index contributed by atoms with van der Waals surface area (Å²) in [7, 11) is 0. The SMILES string of the molecule is O=C1[C@H](F)[C@@H]2SCCN12. The van der Waals surface area contributed by atoms with Crippen LogP contribution in [0.5, 0.6) is 0 Å². The maximum absolute atomic E-state index is 12.5. The summed E-state index contributed by atoms with van der Waals surface area (Å²) in [5.74, 6) is 0.585. The summed E-state index contributed by atoms with van der Waals surface area (Å²) in [4.78, 5) is 12.2. The van der Waals surface area contributed by atoms with Crippen molar-refractivity contribution in [2.75, 3.05) is 12.3 Å². The number of amides is 1. The lowest BCUT2D eigenvalue weighted by Crippen LogP contribution is -2.58. The second kappa shape index (κ2) is 1.62. The summed E-state index contributed by atoms with van der Waals surface area (Å²) >= 11 is 1.53. The predicted molar refractivity (Wildman–Crippen MR) is 32.9 cm³/mol. The van der Waals surface area contributed by atoms with Gasteiger partial charge in [-0.3, -0.25) is 4.79 Å². The van der Waals surface area contributed by atoms with Gasteiger partial charge in [0.15, 0.2) is 0 Å². The second-order valence-corrected chi connectivity index (χ2v) is 3.42. The van der Waals surface area contributed by atoms with Crippen LogP contribution in [-0.4, -0.2) is 34.7 Å². The van der Waals surface area contributed by atoms with Crippen molar-refractivity contribution >= 4 is 17.7 Å². The van der Waals surface area contributed by atoms with Crippen LogP contribution < -0.4 is 0 Å². The first-order valence-electron chi connectivity index (χ1n) is 2.87. The van der Waals surface area contributed by atoms with E-state index >= 15 is 0 Å². The molecule has 0 aromatic rings. The molecule has 2 fully saturated rings. The molecule has 50 valence electrons. The lowest BCUT2D eigenvalue weighted by atomic mass is 10.2. The number of halogens is 1. The molecule has 0 bridgehead atoms. The second-order valence-electron chi connectivity index (χ2n) is 2.19. The van der Waals surface area contributed by atoms with Crippen molar-refractivity contribution in [1.82, 2.24) is 4.90 Å². The molecule has 2 rings (SSSR count). The first-order valence-corrected chi connectivity index (χ1v) is 3.92. The Kier molecular flexibility index (Phi) is 0.997. The highest BCUT2D eigenvalue weighted by Crippen LogP contribution is 2.36. The standard InChI is InChI=1S/C5H6FNOS/c6-3-4(8)7-1-2-9-5(3)7/h3,5H,1-2H2/t3-,5-/m0/s1. The van der Waals surface area contributed by atoms with Gasteiger partial charge in [0.05, 0.1) is 0 Å². The van der Waals surface area contributed by atoms with Crippen molar-refractivity contribution in [2.45, 2.75) is 11.5 Å². The first kappa shape index (κ1) is 5.53. The van der Waals surface area contributed by atoms with Gasteiger partial charge in [0.25, 0.3) is 5.91 Å². The number of hydrogen-bond donors (Lipinski definition) is 0. The van der Waals surface area contributed by atoms with E-state index in [1.807, 2.05) is 0 Å². The number of alkyl halides is 1. The summed E-state index contributed by atoms with van der Waals surface area (Å²) in [6, 6.07) is 0. The van der Waals surface area contributed by atoms with Crippen LogP contribution in [0, 0.1) is 0 Å². The molecule has 0 spiro atoms. The zero-order valence-electron chi connectivity index (χ0n) is 4.71. The van der Waals surface area contributed by atoms with Crippen LogP contribution in [0.2, 0.25) is 0 Å². The minimum absolute atomic E-state index is 0.127. The molecule has 0 N–H and O–H groups in total. The number of fused-ring (bicyclic) bond motifs is 1. The van der Waals surface area contributed by atoms with Crippen LogP contribution >= 0.6 is 11.8 Å². The fourth-order valence-corrected chi connectivity index (χ4v) is 2.38. The molecular formula is C5H6FNOS. The Morgan fingerprint density at radius 3 is 3.22 bits per heavy atom. The lowest BCUT2D eigenvalue weighted by molar-refractivity contribution is -0.150. The largest absolute Gasteiger partial charge is 0.324 e. The van der Waals surface area contributed by atoms with Crippen molar-refractivity contribution in [2.24, 2.45) is 0 Å².